The fourth-order valence-corrected chi connectivity index (χ4v) is 6.36. The number of hydrogen-bond donors (Lipinski definition) is 0. The molecule has 0 spiro atoms. The molecule has 0 aliphatic carbocycles. The Morgan fingerprint density at radius 1 is 0.150 bits per heavy atom. The van der Waals surface area contributed by atoms with E-state index in [4.69, 9.17) is 0 Å². The lowest BCUT2D eigenvalue weighted by Crippen LogP contribution is -1.82. The van der Waals surface area contributed by atoms with E-state index in [1.165, 1.54) is 75.4 Å². The second kappa shape index (κ2) is 9.22. The zero-order valence-corrected chi connectivity index (χ0v) is 22.0. The lowest BCUT2D eigenvalue weighted by atomic mass is 9.94. The number of hydrogen-bond acceptors (Lipinski definition) is 0. The molecule has 0 fully saturated rings. The molecular weight excluding hydrogens is 480 g/mol. The predicted molar refractivity (Wildman–Crippen MR) is 175 cm³/mol. The van der Waals surface area contributed by atoms with Gasteiger partial charge in [-0.2, -0.15) is 0 Å². The van der Waals surface area contributed by atoms with Crippen LogP contribution in [0.5, 0.6) is 0 Å². The van der Waals surface area contributed by atoms with E-state index in [1.807, 2.05) is 0 Å². The Morgan fingerprint density at radius 3 is 0.625 bits per heavy atom. The molecule has 9 rings (SSSR count). The van der Waals surface area contributed by atoms with Gasteiger partial charge in [-0.05, 0) is 75.4 Å². The van der Waals surface area contributed by atoms with E-state index in [9.17, 15) is 0 Å². The van der Waals surface area contributed by atoms with Crippen LogP contribution in [-0.4, -0.2) is 0 Å². The zero-order valence-electron chi connectivity index (χ0n) is 22.0. The van der Waals surface area contributed by atoms with Gasteiger partial charge in [0.15, 0.2) is 0 Å². The van der Waals surface area contributed by atoms with Gasteiger partial charge in [-0.15, -0.1) is 0 Å². The van der Waals surface area contributed by atoms with E-state index in [2.05, 4.69) is 158 Å². The Labute approximate surface area is 232 Å². The summed E-state index contributed by atoms with van der Waals surface area (Å²) in [5.74, 6) is 0. The van der Waals surface area contributed by atoms with Gasteiger partial charge >= 0.3 is 0 Å². The van der Waals surface area contributed by atoms with Crippen LogP contribution in [-0.2, 0) is 0 Å². The molecule has 0 aromatic heterocycles. The van der Waals surface area contributed by atoms with Crippen LogP contribution in [0, 0.1) is 0 Å². The summed E-state index contributed by atoms with van der Waals surface area (Å²) in [4.78, 5) is 0. The first-order valence-corrected chi connectivity index (χ1v) is 13.9. The molecule has 0 heterocycles. The van der Waals surface area contributed by atoms with Crippen LogP contribution < -0.4 is 0 Å². The van der Waals surface area contributed by atoms with E-state index in [1.54, 1.807) is 0 Å². The van der Waals surface area contributed by atoms with Crippen LogP contribution in [0.4, 0.5) is 0 Å². The third-order valence-corrected chi connectivity index (χ3v) is 8.30. The molecule has 0 saturated heterocycles. The van der Waals surface area contributed by atoms with Crippen molar-refractivity contribution >= 4 is 75.4 Å². The Bertz CT molecular complexity index is 2210. The van der Waals surface area contributed by atoms with Crippen LogP contribution in [0.2, 0.25) is 0 Å². The summed E-state index contributed by atoms with van der Waals surface area (Å²) < 4.78 is 0. The molecule has 0 N–H and O–H groups in total. The highest BCUT2D eigenvalue weighted by Gasteiger charge is 2.07. The van der Waals surface area contributed by atoms with Crippen LogP contribution in [0.15, 0.2) is 158 Å². The summed E-state index contributed by atoms with van der Waals surface area (Å²) in [5.41, 5.74) is 0. The molecular formula is C40H26. The quantitative estimate of drug-likeness (QED) is 0.179. The topological polar surface area (TPSA) is 0 Å². The van der Waals surface area contributed by atoms with E-state index >= 15 is 0 Å². The van der Waals surface area contributed by atoms with Gasteiger partial charge in [-0.1, -0.05) is 158 Å². The van der Waals surface area contributed by atoms with Crippen molar-refractivity contribution in [3.05, 3.63) is 158 Å². The van der Waals surface area contributed by atoms with Gasteiger partial charge in [-0.25, -0.2) is 0 Å². The van der Waals surface area contributed by atoms with E-state index in [-0.39, 0.29) is 0 Å². The van der Waals surface area contributed by atoms with Crippen molar-refractivity contribution in [2.24, 2.45) is 0 Å². The van der Waals surface area contributed by atoms with E-state index < -0.39 is 0 Å². The smallest absolute Gasteiger partial charge is 0.00987 e. The van der Waals surface area contributed by atoms with Gasteiger partial charge in [0.05, 0.1) is 0 Å². The maximum absolute atomic E-state index is 2.27. The minimum atomic E-state index is 1.30. The molecule has 0 aliphatic heterocycles. The lowest BCUT2D eigenvalue weighted by molar-refractivity contribution is 1.77. The molecule has 40 heavy (non-hydrogen) atoms. The Kier molecular flexibility index (Phi) is 5.24. The minimum Gasteiger partial charge on any atom is -0.0616 e. The summed E-state index contributed by atoms with van der Waals surface area (Å²) in [5, 5.41) is 18.6. The average Bonchev–Trinajstić information content (AvgIpc) is 3.04. The highest BCUT2D eigenvalue weighted by Crippen LogP contribution is 2.34. The second-order valence-electron chi connectivity index (χ2n) is 10.5. The van der Waals surface area contributed by atoms with E-state index in [0.29, 0.717) is 0 Å². The van der Waals surface area contributed by atoms with Crippen molar-refractivity contribution < 1.29 is 0 Å². The first kappa shape index (κ1) is 22.8. The van der Waals surface area contributed by atoms with Crippen LogP contribution in [0.1, 0.15) is 0 Å². The Hall–Kier alpha value is -5.20. The molecule has 0 aliphatic rings. The van der Waals surface area contributed by atoms with Crippen LogP contribution in [0.25, 0.3) is 75.4 Å². The molecule has 0 heteroatoms. The summed E-state index contributed by atoms with van der Waals surface area (Å²) in [7, 11) is 0. The monoisotopic (exact) mass is 506 g/mol. The normalized spacial score (nSPS) is 11.5. The highest BCUT2D eigenvalue weighted by molar-refractivity contribution is 6.22. The van der Waals surface area contributed by atoms with Crippen LogP contribution >= 0.6 is 0 Å². The molecule has 186 valence electrons. The van der Waals surface area contributed by atoms with Crippen molar-refractivity contribution in [2.75, 3.05) is 0 Å². The highest BCUT2D eigenvalue weighted by atomic mass is 14.1. The van der Waals surface area contributed by atoms with Crippen LogP contribution in [0.3, 0.4) is 0 Å². The molecule has 0 unspecified atom stereocenters. The maximum atomic E-state index is 2.27. The molecule has 9 aromatic carbocycles. The van der Waals surface area contributed by atoms with Crippen molar-refractivity contribution in [3.63, 3.8) is 0 Å². The molecule has 0 amide bonds. The molecule has 0 bridgehead atoms. The molecule has 0 saturated carbocycles. The fourth-order valence-electron chi connectivity index (χ4n) is 6.36. The Morgan fingerprint density at radius 2 is 0.350 bits per heavy atom. The van der Waals surface area contributed by atoms with Gasteiger partial charge in [0.25, 0.3) is 0 Å². The number of fused-ring (bicyclic) bond motifs is 12. The maximum Gasteiger partial charge on any atom is -0.00987 e. The molecule has 9 aromatic rings. The van der Waals surface area contributed by atoms with Gasteiger partial charge in [0, 0.05) is 0 Å². The second-order valence-corrected chi connectivity index (χ2v) is 10.5. The molecule has 0 radical (unpaired) electrons. The third-order valence-electron chi connectivity index (χ3n) is 8.30. The van der Waals surface area contributed by atoms with E-state index in [0.717, 1.165) is 0 Å². The van der Waals surface area contributed by atoms with Gasteiger partial charge < -0.3 is 0 Å². The van der Waals surface area contributed by atoms with Crippen molar-refractivity contribution in [1.29, 1.82) is 0 Å². The standard InChI is InChI=1S/C22H14.C18H12/c1-3-7-17-15(5-1)9-11-21-19(17)13-14-20-18-8-4-2-6-16(18)10-12-22(20)21;1-3-7-15-13(5-1)9-11-18-16-8-4-2-6-14(16)10-12-17(15)18/h1-14H;1-12H. The lowest BCUT2D eigenvalue weighted by Gasteiger charge is -2.09. The number of rotatable bonds is 0. The molecule has 0 atom stereocenters. The first-order valence-electron chi connectivity index (χ1n) is 13.9. The minimum absolute atomic E-state index is 1.30. The largest absolute Gasteiger partial charge is 0.0616 e. The summed E-state index contributed by atoms with van der Waals surface area (Å²) >= 11 is 0. The third kappa shape index (κ3) is 3.61. The van der Waals surface area contributed by atoms with Gasteiger partial charge in [-0.3, -0.25) is 0 Å². The zero-order chi connectivity index (χ0) is 26.5. The number of benzene rings is 9. The predicted octanol–water partition coefficient (Wildman–Crippen LogP) is 11.4. The average molecular weight is 507 g/mol. The Balaban J connectivity index is 0.000000125. The van der Waals surface area contributed by atoms with Crippen molar-refractivity contribution in [3.8, 4) is 0 Å². The molecule has 0 nitrogen and oxygen atoms in total. The summed E-state index contributed by atoms with van der Waals surface area (Å²) in [6.45, 7) is 0. The summed E-state index contributed by atoms with van der Waals surface area (Å²) in [6.07, 6.45) is 0. The first-order chi connectivity index (χ1) is 19.8. The van der Waals surface area contributed by atoms with Gasteiger partial charge in [0.2, 0.25) is 0 Å². The van der Waals surface area contributed by atoms with Gasteiger partial charge in [0.1, 0.15) is 0 Å². The van der Waals surface area contributed by atoms with Crippen molar-refractivity contribution in [2.45, 2.75) is 0 Å². The fraction of sp³-hybridized carbons (Fsp3) is 0. The SMILES string of the molecule is c1ccc2c(c1)ccc1c2ccc2c3ccccc3ccc21.c1ccc2c(c1)ccc1c3ccccc3ccc21. The summed E-state index contributed by atoms with van der Waals surface area (Å²) in [6, 6.07) is 56.8. The van der Waals surface area contributed by atoms with Crippen molar-refractivity contribution in [1.82, 2.24) is 0 Å².